The molecule has 2 aromatic carbocycles. The molecule has 4 aliphatic carbocycles. The van der Waals surface area contributed by atoms with Crippen LogP contribution in [0.2, 0.25) is 0 Å². The maximum atomic E-state index is 15.2. The number of sulfone groups is 1. The van der Waals surface area contributed by atoms with Gasteiger partial charge in [0.25, 0.3) is 0 Å². The molecule has 4 N–H and O–H groups in total. The van der Waals surface area contributed by atoms with Crippen molar-refractivity contribution in [2.24, 2.45) is 29.6 Å². The Kier molecular flexibility index (Phi) is 9.43. The van der Waals surface area contributed by atoms with Gasteiger partial charge < -0.3 is 20.1 Å². The minimum absolute atomic E-state index is 0.0462. The lowest BCUT2D eigenvalue weighted by Gasteiger charge is -2.46. The van der Waals surface area contributed by atoms with Crippen molar-refractivity contribution in [3.05, 3.63) is 112 Å². The smallest absolute Gasteiger partial charge is 0.185 e. The van der Waals surface area contributed by atoms with Crippen LogP contribution in [-0.4, -0.2) is 65.1 Å². The molecule has 10 unspecified atom stereocenters. The number of hydrogen-bond acceptors (Lipinski definition) is 6. The Labute approximate surface area is 316 Å². The number of quaternary nitrogens is 1. The highest BCUT2D eigenvalue weighted by molar-refractivity contribution is 7.92. The van der Waals surface area contributed by atoms with Gasteiger partial charge in [-0.15, -0.1) is 0 Å². The summed E-state index contributed by atoms with van der Waals surface area (Å²) in [5, 5.41) is 26.4. The number of fused-ring (bicyclic) bond motifs is 9. The van der Waals surface area contributed by atoms with Gasteiger partial charge in [-0.1, -0.05) is 68.5 Å². The van der Waals surface area contributed by atoms with Crippen LogP contribution in [0.25, 0.3) is 0 Å². The number of para-hydroxylation sites is 2. The van der Waals surface area contributed by atoms with Crippen molar-refractivity contribution in [3.8, 4) is 0 Å². The van der Waals surface area contributed by atoms with E-state index in [1.807, 2.05) is 31.2 Å². The van der Waals surface area contributed by atoms with Crippen LogP contribution in [0.3, 0.4) is 0 Å². The van der Waals surface area contributed by atoms with E-state index in [1.165, 1.54) is 11.1 Å². The van der Waals surface area contributed by atoms with Gasteiger partial charge in [-0.05, 0) is 95.4 Å². The van der Waals surface area contributed by atoms with Crippen LogP contribution in [0.5, 0.6) is 0 Å². The summed E-state index contributed by atoms with van der Waals surface area (Å²) in [6.07, 6.45) is 12.6. The van der Waals surface area contributed by atoms with Gasteiger partial charge in [-0.25, -0.2) is 12.6 Å². The maximum Gasteiger partial charge on any atom is 0.185 e. The van der Waals surface area contributed by atoms with Gasteiger partial charge in [0.2, 0.25) is 0 Å². The number of anilines is 1. The van der Waals surface area contributed by atoms with Crippen LogP contribution >= 0.6 is 0 Å². The summed E-state index contributed by atoms with van der Waals surface area (Å²) in [5.74, 6) is -0.351. The molecule has 8 nitrogen and oxygen atoms in total. The molecule has 7 aliphatic rings. The predicted molar refractivity (Wildman–Crippen MR) is 213 cm³/mol. The van der Waals surface area contributed by atoms with E-state index in [0.717, 1.165) is 52.1 Å². The summed E-state index contributed by atoms with van der Waals surface area (Å²) in [6.45, 7) is 9.51. The summed E-state index contributed by atoms with van der Waals surface area (Å²) in [5.41, 5.74) is 8.97. The molecule has 0 radical (unpaired) electrons. The third kappa shape index (κ3) is 5.73. The lowest BCUT2D eigenvalue weighted by Crippen LogP contribution is -2.46. The quantitative estimate of drug-likeness (QED) is 0.149. The molecule has 9 rings (SSSR count). The van der Waals surface area contributed by atoms with Gasteiger partial charge >= 0.3 is 0 Å². The van der Waals surface area contributed by atoms with Crippen LogP contribution in [0.1, 0.15) is 73.9 Å². The molecule has 0 saturated heterocycles. The summed E-state index contributed by atoms with van der Waals surface area (Å²) in [4.78, 5) is 0.218. The zero-order chi connectivity index (χ0) is 37.6. The van der Waals surface area contributed by atoms with E-state index in [4.69, 9.17) is 0 Å². The van der Waals surface area contributed by atoms with E-state index in [0.29, 0.717) is 35.9 Å². The van der Waals surface area contributed by atoms with E-state index in [2.05, 4.69) is 63.3 Å². The first-order valence-corrected chi connectivity index (χ1v) is 22.2. The molecule has 1 fully saturated rings. The number of hydrogen-bond donors (Lipinski definition) is 4. The second kappa shape index (κ2) is 13.6. The Bertz CT molecular complexity index is 2130. The van der Waals surface area contributed by atoms with Crippen LogP contribution in [-0.2, 0) is 33.8 Å². The van der Waals surface area contributed by atoms with E-state index in [1.54, 1.807) is 6.07 Å². The first-order valence-electron chi connectivity index (χ1n) is 19.3. The molecule has 10 heteroatoms. The normalized spacial score (nSPS) is 33.9. The van der Waals surface area contributed by atoms with E-state index in [9.17, 15) is 19.0 Å². The standard InChI is InChI=1S/C43H52N2O6S2/c1-6-25-30(19-21-52(48)49)41-37-22-32(25)43(47)44-34-14-10-11-15-35(34)45(4,5)20-18-31-39-24(3)36(46)17-16-29-28-13-9-8-12-27(28)26(7-2)40(29)33(39)23-38(42(31)41)53(37,50)51/h8-15,22-23,27-29,31,36,38-39,42-44,46-47H,3,6-7,16-21H2,1-2,4-5H3/p+1. The minimum Gasteiger partial charge on any atom is -0.389 e. The van der Waals surface area contributed by atoms with Gasteiger partial charge in [0.1, 0.15) is 0 Å². The van der Waals surface area contributed by atoms with Gasteiger partial charge in [0.05, 0.1) is 48.3 Å². The maximum absolute atomic E-state index is 15.2. The number of nitrogens with zero attached hydrogens (tertiary/aromatic N) is 1. The monoisotopic (exact) mass is 757 g/mol. The number of allylic oxidation sites excluding steroid dienone is 7. The molecule has 3 heterocycles. The van der Waals surface area contributed by atoms with Crippen molar-refractivity contribution in [3.63, 3.8) is 0 Å². The van der Waals surface area contributed by atoms with Crippen LogP contribution in [0.4, 0.5) is 11.4 Å². The first kappa shape index (κ1) is 36.8. The average Bonchev–Trinajstić information content (AvgIpc) is 3.57. The van der Waals surface area contributed by atoms with Crippen molar-refractivity contribution in [1.82, 2.24) is 4.48 Å². The zero-order valence-electron chi connectivity index (χ0n) is 31.2. The topological polar surface area (TPSA) is 124 Å². The van der Waals surface area contributed by atoms with Crippen LogP contribution < -0.4 is 9.80 Å². The van der Waals surface area contributed by atoms with Crippen molar-refractivity contribution < 1.29 is 27.4 Å². The molecule has 282 valence electrons. The molecule has 10 atom stereocenters. The fourth-order valence-corrected chi connectivity index (χ4v) is 13.9. The number of benzene rings is 2. The number of rotatable bonds is 5. The summed E-state index contributed by atoms with van der Waals surface area (Å²) in [6, 6.07) is 9.66. The summed E-state index contributed by atoms with van der Waals surface area (Å²) >= 11 is -2.10. The molecule has 3 aliphatic heterocycles. The van der Waals surface area contributed by atoms with Crippen LogP contribution in [0.15, 0.2) is 94.5 Å². The Hall–Kier alpha value is -3.12. The molecule has 0 aromatic heterocycles. The van der Waals surface area contributed by atoms with E-state index < -0.39 is 44.4 Å². The number of nitrogens with one attached hydrogen (secondary N) is 1. The van der Waals surface area contributed by atoms with Crippen LogP contribution in [0, 0.1) is 29.6 Å². The minimum atomic E-state index is -3.97. The predicted octanol–water partition coefficient (Wildman–Crippen LogP) is 6.90. The molecular weight excluding hydrogens is 705 g/mol. The lowest BCUT2D eigenvalue weighted by molar-refractivity contribution is 0.154. The van der Waals surface area contributed by atoms with Crippen molar-refractivity contribution in [2.75, 3.05) is 31.7 Å². The lowest BCUT2D eigenvalue weighted by atomic mass is 9.60. The van der Waals surface area contributed by atoms with Gasteiger partial charge in [-0.2, -0.15) is 0 Å². The molecule has 4 bridgehead atoms. The van der Waals surface area contributed by atoms with Crippen molar-refractivity contribution >= 4 is 32.3 Å². The fraction of sp³-hybridized carbons (Fsp3) is 0.488. The van der Waals surface area contributed by atoms with Crippen molar-refractivity contribution in [1.29, 1.82) is 0 Å². The van der Waals surface area contributed by atoms with E-state index in [-0.39, 0.29) is 46.7 Å². The van der Waals surface area contributed by atoms with Crippen molar-refractivity contribution in [2.45, 2.75) is 80.8 Å². The molecule has 0 spiro atoms. The Morgan fingerprint density at radius 2 is 1.77 bits per heavy atom. The highest BCUT2D eigenvalue weighted by Crippen LogP contribution is 2.62. The molecule has 0 amide bonds. The van der Waals surface area contributed by atoms with E-state index >= 15 is 8.42 Å². The van der Waals surface area contributed by atoms with Gasteiger partial charge in [0, 0.05) is 35.8 Å². The van der Waals surface area contributed by atoms with Gasteiger partial charge in [-0.3, -0.25) is 4.48 Å². The molecular formula is C43H53N2O6S2+. The third-order valence-corrected chi connectivity index (χ3v) is 16.2. The Balaban J connectivity index is 1.45. The summed E-state index contributed by atoms with van der Waals surface area (Å²) < 4.78 is 53.3. The largest absolute Gasteiger partial charge is 0.389 e. The highest BCUT2D eigenvalue weighted by Gasteiger charge is 2.57. The molecule has 53 heavy (non-hydrogen) atoms. The highest BCUT2D eigenvalue weighted by atomic mass is 32.2. The third-order valence-electron chi connectivity index (χ3n) is 13.6. The zero-order valence-corrected chi connectivity index (χ0v) is 32.8. The number of aliphatic hydroxyl groups is 2. The second-order valence-electron chi connectivity index (χ2n) is 16.5. The number of aliphatic hydroxyl groups excluding tert-OH is 2. The average molecular weight is 758 g/mol. The molecule has 1 saturated carbocycles. The van der Waals surface area contributed by atoms with Gasteiger partial charge in [0.15, 0.2) is 32.8 Å². The Morgan fingerprint density at radius 3 is 2.51 bits per heavy atom. The SMILES string of the molecule is C=C1C(O)CCC2C(=C(CC)C3C=CC=CC32)C2=CC3C4c5c(cc(c(CC)c5CCS(=O)O)C(O)Nc5ccccc5[N+](C)(C)CCC4C12)S3(=O)=O. The first-order chi connectivity index (χ1) is 25.3. The Morgan fingerprint density at radius 1 is 1.02 bits per heavy atom. The molecule has 2 aromatic rings. The summed E-state index contributed by atoms with van der Waals surface area (Å²) in [7, 11) is 0.339. The fourth-order valence-electron chi connectivity index (χ4n) is 11.3. The second-order valence-corrected chi connectivity index (χ2v) is 19.6.